The van der Waals surface area contributed by atoms with Gasteiger partial charge in [0.25, 0.3) is 0 Å². The third-order valence-electron chi connectivity index (χ3n) is 12.2. The molecule has 0 nitrogen and oxygen atoms in total. The van der Waals surface area contributed by atoms with Gasteiger partial charge in [-0.05, 0) is 158 Å². The number of hydrogen-bond donors (Lipinski definition) is 0. The first-order valence-electron chi connectivity index (χ1n) is 18.1. The minimum Gasteiger partial charge on any atom is -0.0616 e. The topological polar surface area (TPSA) is 0 Å². The Labute approximate surface area is 290 Å². The summed E-state index contributed by atoms with van der Waals surface area (Å²) < 4.78 is 0. The highest BCUT2D eigenvalue weighted by atomic mass is 14.2. The van der Waals surface area contributed by atoms with Crippen molar-refractivity contribution < 1.29 is 0 Å². The second kappa shape index (κ2) is 9.80. The number of rotatable bonds is 2. The quantitative estimate of drug-likeness (QED) is 0.166. The van der Waals surface area contributed by atoms with Crippen LogP contribution in [-0.4, -0.2) is 0 Å². The maximum atomic E-state index is 2.49. The third-order valence-corrected chi connectivity index (χ3v) is 12.2. The molecule has 232 valence electrons. The molecule has 12 rings (SSSR count). The van der Waals surface area contributed by atoms with Crippen LogP contribution in [0.15, 0.2) is 146 Å². The second-order valence-electron chi connectivity index (χ2n) is 14.6. The molecular formula is C50H32. The number of hydrogen-bond acceptors (Lipinski definition) is 0. The zero-order valence-corrected chi connectivity index (χ0v) is 27.7. The Morgan fingerprint density at radius 3 is 1.08 bits per heavy atom. The van der Waals surface area contributed by atoms with E-state index in [1.165, 1.54) is 120 Å². The van der Waals surface area contributed by atoms with Crippen molar-refractivity contribution in [1.82, 2.24) is 0 Å². The lowest BCUT2D eigenvalue weighted by atomic mass is 9.84. The predicted molar refractivity (Wildman–Crippen MR) is 215 cm³/mol. The van der Waals surface area contributed by atoms with Gasteiger partial charge in [-0.15, -0.1) is 0 Å². The molecule has 0 bridgehead atoms. The predicted octanol–water partition coefficient (Wildman–Crippen LogP) is 13.3. The largest absolute Gasteiger partial charge is 0.0616 e. The molecule has 0 saturated heterocycles. The summed E-state index contributed by atoms with van der Waals surface area (Å²) in [4.78, 5) is 0. The van der Waals surface area contributed by atoms with Gasteiger partial charge >= 0.3 is 0 Å². The van der Waals surface area contributed by atoms with Crippen LogP contribution < -0.4 is 0 Å². The lowest BCUT2D eigenvalue weighted by molar-refractivity contribution is 1.02. The van der Waals surface area contributed by atoms with E-state index in [9.17, 15) is 0 Å². The van der Waals surface area contributed by atoms with Crippen LogP contribution in [0, 0.1) is 0 Å². The summed E-state index contributed by atoms with van der Waals surface area (Å²) in [7, 11) is 0. The molecule has 0 radical (unpaired) electrons. The second-order valence-corrected chi connectivity index (χ2v) is 14.6. The Morgan fingerprint density at radius 1 is 0.240 bits per heavy atom. The van der Waals surface area contributed by atoms with Gasteiger partial charge in [-0.3, -0.25) is 0 Å². The molecule has 0 unspecified atom stereocenters. The number of benzene rings is 10. The van der Waals surface area contributed by atoms with Gasteiger partial charge in [0.2, 0.25) is 0 Å². The van der Waals surface area contributed by atoms with E-state index in [4.69, 9.17) is 0 Å². The summed E-state index contributed by atoms with van der Waals surface area (Å²) in [5, 5.41) is 19.0. The lowest BCUT2D eigenvalue weighted by Gasteiger charge is -2.18. The van der Waals surface area contributed by atoms with Crippen molar-refractivity contribution in [1.29, 1.82) is 0 Å². The Morgan fingerprint density at radius 2 is 0.620 bits per heavy atom. The van der Waals surface area contributed by atoms with Gasteiger partial charge in [0, 0.05) is 0 Å². The minimum atomic E-state index is 1.15. The molecule has 0 spiro atoms. The smallest absolute Gasteiger partial charge is 0.00137 e. The SMILES string of the molecule is c1cc2c3c(ccc(-c4ccc5c6ccc(-c7ccc8c9c(cccc79)CC8)cc6c6c7ccccc7c7ccccc7c6c5c4)c3c1)CC2. The molecule has 0 aromatic heterocycles. The molecule has 0 fully saturated rings. The number of aryl methyl sites for hydroxylation is 4. The Hall–Kier alpha value is -5.98. The molecule has 0 heterocycles. The van der Waals surface area contributed by atoms with E-state index in [1.54, 1.807) is 0 Å². The van der Waals surface area contributed by atoms with Crippen LogP contribution in [0.2, 0.25) is 0 Å². The summed E-state index contributed by atoms with van der Waals surface area (Å²) in [5.41, 5.74) is 11.2. The van der Waals surface area contributed by atoms with Crippen molar-refractivity contribution in [3.05, 3.63) is 168 Å². The van der Waals surface area contributed by atoms with E-state index in [2.05, 4.69) is 146 Å². The van der Waals surface area contributed by atoms with Gasteiger partial charge in [0.05, 0.1) is 0 Å². The molecule has 0 amide bonds. The van der Waals surface area contributed by atoms with Crippen LogP contribution in [0.25, 0.3) is 97.7 Å². The van der Waals surface area contributed by atoms with Crippen molar-refractivity contribution >= 4 is 75.4 Å². The monoisotopic (exact) mass is 632 g/mol. The van der Waals surface area contributed by atoms with Gasteiger partial charge < -0.3 is 0 Å². The van der Waals surface area contributed by atoms with Crippen molar-refractivity contribution in [3.8, 4) is 22.3 Å². The van der Waals surface area contributed by atoms with Crippen LogP contribution in [0.1, 0.15) is 22.3 Å². The van der Waals surface area contributed by atoms with Crippen molar-refractivity contribution in [2.45, 2.75) is 25.7 Å². The highest BCUT2D eigenvalue weighted by molar-refractivity contribution is 6.40. The first-order chi connectivity index (χ1) is 24.8. The van der Waals surface area contributed by atoms with Crippen LogP contribution >= 0.6 is 0 Å². The molecule has 10 aromatic carbocycles. The highest BCUT2D eigenvalue weighted by Gasteiger charge is 2.21. The summed E-state index contributed by atoms with van der Waals surface area (Å²) in [6.07, 6.45) is 4.58. The molecule has 0 aliphatic heterocycles. The first-order valence-corrected chi connectivity index (χ1v) is 18.1. The van der Waals surface area contributed by atoms with Gasteiger partial charge in [-0.1, -0.05) is 133 Å². The van der Waals surface area contributed by atoms with Crippen molar-refractivity contribution in [3.63, 3.8) is 0 Å². The normalized spacial score (nSPS) is 13.7. The first kappa shape index (κ1) is 26.9. The standard InChI is InChI=1S/C50H32/c1-3-11-43-37(9-1)38-10-2-4-12-44(38)50-46-28-34(36-24-20-32-18-16-30-8-6-14-42(36)48(30)32)22-26-40(46)39-25-21-33(27-45(39)49(43)50)35-23-19-31-17-15-29-7-5-13-41(35)47(29)31/h1-14,19-28H,15-18H2. The fourth-order valence-corrected chi connectivity index (χ4v) is 10.0. The fourth-order valence-electron chi connectivity index (χ4n) is 10.0. The van der Waals surface area contributed by atoms with Gasteiger partial charge in [0.1, 0.15) is 0 Å². The molecule has 50 heavy (non-hydrogen) atoms. The summed E-state index contributed by atoms with van der Waals surface area (Å²) >= 11 is 0. The molecule has 0 N–H and O–H groups in total. The summed E-state index contributed by atoms with van der Waals surface area (Å²) in [5.74, 6) is 0. The van der Waals surface area contributed by atoms with Gasteiger partial charge in [-0.2, -0.15) is 0 Å². The molecule has 0 saturated carbocycles. The molecule has 0 heteroatoms. The molecule has 10 aromatic rings. The third kappa shape index (κ3) is 3.51. The average molecular weight is 633 g/mol. The van der Waals surface area contributed by atoms with Gasteiger partial charge in [0.15, 0.2) is 0 Å². The van der Waals surface area contributed by atoms with Crippen LogP contribution in [0.5, 0.6) is 0 Å². The summed E-state index contributed by atoms with van der Waals surface area (Å²) in [6, 6.07) is 55.9. The van der Waals surface area contributed by atoms with E-state index in [0.29, 0.717) is 0 Å². The number of fused-ring (bicyclic) bond motifs is 11. The Bertz CT molecular complexity index is 2910. The van der Waals surface area contributed by atoms with Crippen molar-refractivity contribution in [2.24, 2.45) is 0 Å². The summed E-state index contributed by atoms with van der Waals surface area (Å²) in [6.45, 7) is 0. The van der Waals surface area contributed by atoms with Crippen LogP contribution in [-0.2, 0) is 25.7 Å². The maximum absolute atomic E-state index is 2.49. The average Bonchev–Trinajstić information content (AvgIpc) is 3.81. The minimum absolute atomic E-state index is 1.15. The van der Waals surface area contributed by atoms with Crippen LogP contribution in [0.3, 0.4) is 0 Å². The Balaban J connectivity index is 1.23. The molecule has 0 atom stereocenters. The van der Waals surface area contributed by atoms with E-state index < -0.39 is 0 Å². The van der Waals surface area contributed by atoms with E-state index in [-0.39, 0.29) is 0 Å². The fraction of sp³-hybridized carbons (Fsp3) is 0.0800. The highest BCUT2D eigenvalue weighted by Crippen LogP contribution is 2.47. The maximum Gasteiger partial charge on any atom is -0.00137 e. The van der Waals surface area contributed by atoms with E-state index in [1.807, 2.05) is 0 Å². The lowest BCUT2D eigenvalue weighted by Crippen LogP contribution is -1.91. The molecular weight excluding hydrogens is 601 g/mol. The van der Waals surface area contributed by atoms with E-state index >= 15 is 0 Å². The van der Waals surface area contributed by atoms with Crippen molar-refractivity contribution in [2.75, 3.05) is 0 Å². The zero-order chi connectivity index (χ0) is 32.5. The van der Waals surface area contributed by atoms with Crippen LogP contribution in [0.4, 0.5) is 0 Å². The zero-order valence-electron chi connectivity index (χ0n) is 27.7. The van der Waals surface area contributed by atoms with Gasteiger partial charge in [-0.25, -0.2) is 0 Å². The van der Waals surface area contributed by atoms with E-state index in [0.717, 1.165) is 25.7 Å². The molecule has 2 aliphatic carbocycles. The Kier molecular flexibility index (Phi) is 5.28. The molecule has 2 aliphatic rings.